The van der Waals surface area contributed by atoms with Crippen molar-refractivity contribution in [3.8, 4) is 0 Å². The largest absolute Gasteiger partial charge is 0.493 e. The first-order chi connectivity index (χ1) is 15.3. The Kier molecular flexibility index (Phi) is 7.70. The molecule has 0 radical (unpaired) electrons. The van der Waals surface area contributed by atoms with E-state index in [1.54, 1.807) is 30.3 Å². The molecule has 12 heteroatoms. The number of hydrogen-bond acceptors (Lipinski definition) is 7. The number of nitrogens with one attached hydrogen (secondary N) is 2. The monoisotopic (exact) mass is 455 g/mol. The van der Waals surface area contributed by atoms with Gasteiger partial charge in [0.05, 0.1) is 0 Å². The average Bonchev–Trinajstić information content (AvgIpc) is 2.76. The van der Waals surface area contributed by atoms with E-state index in [0.717, 1.165) is 43.4 Å². The van der Waals surface area contributed by atoms with E-state index in [4.69, 9.17) is 0 Å². The summed E-state index contributed by atoms with van der Waals surface area (Å²) in [4.78, 5) is 43.2. The van der Waals surface area contributed by atoms with Gasteiger partial charge in [-0.15, -0.1) is 4.73 Å². The lowest BCUT2D eigenvalue weighted by Crippen LogP contribution is -2.46. The Morgan fingerprint density at radius 3 is 2.38 bits per heavy atom. The van der Waals surface area contributed by atoms with E-state index in [1.807, 2.05) is 0 Å². The van der Waals surface area contributed by atoms with Gasteiger partial charge in [0.2, 0.25) is 0 Å². The van der Waals surface area contributed by atoms with Crippen LogP contribution in [0.3, 0.4) is 0 Å². The molecule has 0 saturated carbocycles. The summed E-state index contributed by atoms with van der Waals surface area (Å²) in [5, 5.41) is 5.88. The fourth-order valence-corrected chi connectivity index (χ4v) is 3.29. The van der Waals surface area contributed by atoms with E-state index >= 15 is 0 Å². The van der Waals surface area contributed by atoms with Crippen LogP contribution >= 0.6 is 0 Å². The van der Waals surface area contributed by atoms with Gasteiger partial charge in [0.25, 0.3) is 5.56 Å². The third-order valence-electron chi connectivity index (χ3n) is 4.92. The van der Waals surface area contributed by atoms with Crippen molar-refractivity contribution in [2.75, 3.05) is 38.0 Å². The molecule has 1 fully saturated rings. The summed E-state index contributed by atoms with van der Waals surface area (Å²) in [5.74, 6) is -2.96. The summed E-state index contributed by atoms with van der Waals surface area (Å²) in [5.41, 5.74) is -1.50. The van der Waals surface area contributed by atoms with Crippen LogP contribution < -0.4 is 26.7 Å². The number of anilines is 2. The summed E-state index contributed by atoms with van der Waals surface area (Å²) in [6, 6.07) is 9.07. The van der Waals surface area contributed by atoms with E-state index in [9.17, 15) is 27.6 Å². The highest BCUT2D eigenvalue weighted by Gasteiger charge is 2.42. The fourth-order valence-electron chi connectivity index (χ4n) is 3.29. The predicted octanol–water partition coefficient (Wildman–Crippen LogP) is 0.956. The molecular formula is C20H24F3N5O4. The quantitative estimate of drug-likeness (QED) is 0.573. The minimum absolute atomic E-state index is 0.0149. The molecule has 1 aliphatic heterocycles. The van der Waals surface area contributed by atoms with Gasteiger partial charge in [0.1, 0.15) is 0 Å². The number of carbonyl (C=O) groups is 1. The minimum atomic E-state index is -5.31. The second-order valence-corrected chi connectivity index (χ2v) is 7.26. The molecule has 9 nitrogen and oxygen atoms in total. The van der Waals surface area contributed by atoms with E-state index in [1.165, 1.54) is 0 Å². The number of alkyl halides is 3. The Balaban J connectivity index is 1.80. The number of aromatic nitrogens is 2. The molecule has 174 valence electrons. The zero-order valence-corrected chi connectivity index (χ0v) is 17.2. The Morgan fingerprint density at radius 1 is 1.06 bits per heavy atom. The molecule has 2 N–H and O–H groups in total. The zero-order valence-electron chi connectivity index (χ0n) is 17.2. The zero-order chi connectivity index (χ0) is 23.1. The van der Waals surface area contributed by atoms with Gasteiger partial charge in [0, 0.05) is 44.5 Å². The van der Waals surface area contributed by atoms with Gasteiger partial charge in [-0.05, 0) is 31.5 Å². The topological polar surface area (TPSA) is 97.6 Å². The first-order valence-corrected chi connectivity index (χ1v) is 10.2. The maximum atomic E-state index is 12.8. The lowest BCUT2D eigenvalue weighted by Gasteiger charge is -2.27. The van der Waals surface area contributed by atoms with Crippen LogP contribution in [0.1, 0.15) is 12.8 Å². The van der Waals surface area contributed by atoms with Crippen LogP contribution in [0.5, 0.6) is 0 Å². The molecule has 1 saturated heterocycles. The Morgan fingerprint density at radius 2 is 1.72 bits per heavy atom. The number of rotatable bonds is 8. The van der Waals surface area contributed by atoms with Crippen LogP contribution in [0.2, 0.25) is 0 Å². The molecule has 32 heavy (non-hydrogen) atoms. The summed E-state index contributed by atoms with van der Waals surface area (Å²) in [7, 11) is 0. The summed E-state index contributed by atoms with van der Waals surface area (Å²) in [6.07, 6.45) is -4.16. The van der Waals surface area contributed by atoms with E-state index < -0.39 is 23.4 Å². The van der Waals surface area contributed by atoms with Crippen LogP contribution in [0, 0.1) is 0 Å². The molecule has 0 amide bonds. The number of carbonyl (C=O) groups excluding carboxylic acids is 1. The number of unbranched alkanes of at least 4 members (excludes halogenated alkanes) is 1. The second kappa shape index (κ2) is 10.5. The van der Waals surface area contributed by atoms with Gasteiger partial charge in [-0.1, -0.05) is 18.2 Å². The molecule has 0 bridgehead atoms. The smallest absolute Gasteiger partial charge is 0.339 e. The summed E-state index contributed by atoms with van der Waals surface area (Å²) in [6.45, 7) is 4.36. The molecule has 2 heterocycles. The van der Waals surface area contributed by atoms with Gasteiger partial charge in [-0.3, -0.25) is 9.36 Å². The summed E-state index contributed by atoms with van der Waals surface area (Å²) >= 11 is 0. The molecule has 0 unspecified atom stereocenters. The molecular weight excluding hydrogens is 431 g/mol. The Hall–Kier alpha value is -3.12. The lowest BCUT2D eigenvalue weighted by molar-refractivity contribution is -0.200. The van der Waals surface area contributed by atoms with Crippen molar-refractivity contribution in [1.82, 2.24) is 19.5 Å². The number of halogens is 3. The van der Waals surface area contributed by atoms with E-state index in [0.29, 0.717) is 18.5 Å². The van der Waals surface area contributed by atoms with Crippen molar-refractivity contribution in [2.45, 2.75) is 25.6 Å². The van der Waals surface area contributed by atoms with Crippen molar-refractivity contribution in [3.05, 3.63) is 57.2 Å². The molecule has 3 rings (SSSR count). The van der Waals surface area contributed by atoms with E-state index in [-0.39, 0.29) is 17.1 Å². The standard InChI is InChI=1S/C20H24F3N5O4/c21-20(22,23)18(30)32-28-16(25-15-6-2-1-3-7-15)14-17(29)27(19(28)31)11-5-4-10-26-12-8-24-9-13-26/h1-3,6-7,14,24-25H,4-5,8-13H2. The van der Waals surface area contributed by atoms with Crippen molar-refractivity contribution in [3.63, 3.8) is 0 Å². The Labute approximate surface area is 181 Å². The van der Waals surface area contributed by atoms with E-state index in [2.05, 4.69) is 20.4 Å². The molecule has 0 spiro atoms. The van der Waals surface area contributed by atoms with Crippen LogP contribution in [0.25, 0.3) is 0 Å². The van der Waals surface area contributed by atoms with Crippen molar-refractivity contribution in [1.29, 1.82) is 0 Å². The maximum absolute atomic E-state index is 12.8. The predicted molar refractivity (Wildman–Crippen MR) is 111 cm³/mol. The van der Waals surface area contributed by atoms with Crippen LogP contribution in [0.15, 0.2) is 46.0 Å². The van der Waals surface area contributed by atoms with Crippen molar-refractivity contribution >= 4 is 17.5 Å². The minimum Gasteiger partial charge on any atom is -0.339 e. The van der Waals surface area contributed by atoms with Gasteiger partial charge < -0.3 is 20.4 Å². The normalized spacial score (nSPS) is 14.8. The van der Waals surface area contributed by atoms with Crippen LogP contribution in [-0.2, 0) is 11.3 Å². The average molecular weight is 455 g/mol. The lowest BCUT2D eigenvalue weighted by atomic mass is 10.2. The Bertz CT molecular complexity index is 1030. The third-order valence-corrected chi connectivity index (χ3v) is 4.92. The number of piperazine rings is 1. The molecule has 2 aromatic rings. The number of benzene rings is 1. The molecule has 1 aromatic heterocycles. The fraction of sp³-hybridized carbons (Fsp3) is 0.450. The number of nitrogens with zero attached hydrogens (tertiary/aromatic N) is 3. The molecule has 0 atom stereocenters. The van der Waals surface area contributed by atoms with Gasteiger partial charge in [-0.2, -0.15) is 13.2 Å². The first kappa shape index (κ1) is 23.5. The summed E-state index contributed by atoms with van der Waals surface area (Å²) < 4.78 is 39.2. The number of para-hydroxylation sites is 1. The molecule has 1 aliphatic rings. The van der Waals surface area contributed by atoms with Crippen molar-refractivity contribution < 1.29 is 22.8 Å². The highest BCUT2D eigenvalue weighted by molar-refractivity contribution is 5.76. The van der Waals surface area contributed by atoms with Crippen LogP contribution in [-0.4, -0.2) is 59.1 Å². The van der Waals surface area contributed by atoms with Crippen LogP contribution in [0.4, 0.5) is 24.7 Å². The molecule has 1 aromatic carbocycles. The highest BCUT2D eigenvalue weighted by atomic mass is 19.4. The highest BCUT2D eigenvalue weighted by Crippen LogP contribution is 2.17. The maximum Gasteiger partial charge on any atom is 0.493 e. The molecule has 0 aliphatic carbocycles. The first-order valence-electron chi connectivity index (χ1n) is 10.2. The third kappa shape index (κ3) is 6.20. The van der Waals surface area contributed by atoms with Crippen molar-refractivity contribution in [2.24, 2.45) is 0 Å². The SMILES string of the molecule is O=C(On1c(Nc2ccccc2)cc(=O)n(CCCCN2CCNCC2)c1=O)C(F)(F)F. The van der Waals surface area contributed by atoms with Gasteiger partial charge in [0.15, 0.2) is 5.82 Å². The van der Waals surface area contributed by atoms with Gasteiger partial charge in [-0.25, -0.2) is 9.59 Å². The number of hydrogen-bond donors (Lipinski definition) is 2. The second-order valence-electron chi connectivity index (χ2n) is 7.26. The van der Waals surface area contributed by atoms with Gasteiger partial charge >= 0.3 is 17.8 Å².